The van der Waals surface area contributed by atoms with E-state index < -0.39 is 53.1 Å². The lowest BCUT2D eigenvalue weighted by Crippen LogP contribution is -2.33. The average molecular weight is 421 g/mol. The lowest BCUT2D eigenvalue weighted by Gasteiger charge is -2.17. The first kappa shape index (κ1) is 21.0. The van der Waals surface area contributed by atoms with Crippen LogP contribution in [0.3, 0.4) is 0 Å². The van der Waals surface area contributed by atoms with Crippen LogP contribution in [0.2, 0.25) is 0 Å². The van der Waals surface area contributed by atoms with Crippen molar-refractivity contribution in [1.29, 1.82) is 0 Å². The monoisotopic (exact) mass is 421 g/mol. The van der Waals surface area contributed by atoms with Crippen molar-refractivity contribution in [2.45, 2.75) is 24.5 Å². The largest absolute Gasteiger partial charge is 0.635 e. The van der Waals surface area contributed by atoms with Crippen LogP contribution in [0.4, 0.5) is 5.82 Å². The molecule has 3 rings (SSSR count). The van der Waals surface area contributed by atoms with Crippen molar-refractivity contribution in [3.8, 4) is 0 Å². The number of hydrogen-bond donors (Lipinski definition) is 6. The first-order valence-electron chi connectivity index (χ1n) is 7.74. The number of aromatic nitrogens is 4. The highest BCUT2D eigenvalue weighted by Gasteiger charge is 2.45. The number of nitrogens with two attached hydrogens (primary N) is 1. The van der Waals surface area contributed by atoms with Gasteiger partial charge in [-0.25, -0.2) is 19.5 Å². The molecule has 1 aliphatic heterocycles. The highest BCUT2D eigenvalue weighted by Crippen LogP contribution is 2.44. The van der Waals surface area contributed by atoms with E-state index in [1.54, 1.807) is 0 Å². The maximum absolute atomic E-state index is 11.7. The van der Waals surface area contributed by atoms with Gasteiger partial charge in [-0.3, -0.25) is 13.6 Å². The third-order valence-corrected chi connectivity index (χ3v) is 4.74. The van der Waals surface area contributed by atoms with Gasteiger partial charge < -0.3 is 40.3 Å². The number of phosphoric ester groups is 1. The van der Waals surface area contributed by atoms with Crippen LogP contribution in [0.25, 0.3) is 11.2 Å². The van der Waals surface area contributed by atoms with Gasteiger partial charge in [-0.2, -0.15) is 0 Å². The van der Waals surface area contributed by atoms with Crippen LogP contribution >= 0.6 is 7.82 Å². The lowest BCUT2D eigenvalue weighted by molar-refractivity contribution is -0.0538. The molecule has 1 fully saturated rings. The quantitative estimate of drug-likeness (QED) is 0.143. The second-order valence-corrected chi connectivity index (χ2v) is 7.09. The minimum absolute atomic E-state index is 0.116. The Bertz CT molecular complexity index is 869. The van der Waals surface area contributed by atoms with Gasteiger partial charge in [-0.05, 0) is 0 Å². The number of imidazole rings is 1. The molecular formula is C11H17BN5O10P. The molecule has 0 radical (unpaired) electrons. The summed E-state index contributed by atoms with van der Waals surface area (Å²) in [6.45, 7) is -1.57. The van der Waals surface area contributed by atoms with Crippen LogP contribution in [0.15, 0.2) is 12.7 Å². The van der Waals surface area contributed by atoms with Crippen LogP contribution in [-0.4, -0.2) is 83.7 Å². The van der Waals surface area contributed by atoms with Gasteiger partial charge in [0.1, 0.15) is 36.9 Å². The van der Waals surface area contributed by atoms with Gasteiger partial charge in [-0.15, -0.1) is 0 Å². The molecule has 0 aliphatic carbocycles. The number of fused-ring (bicyclic) bond motifs is 1. The van der Waals surface area contributed by atoms with Crippen molar-refractivity contribution >= 4 is 32.1 Å². The van der Waals surface area contributed by atoms with E-state index in [0.29, 0.717) is 0 Å². The lowest BCUT2D eigenvalue weighted by atomic mass is 10.1. The van der Waals surface area contributed by atoms with Crippen LogP contribution in [0.1, 0.15) is 6.23 Å². The molecule has 0 aromatic carbocycles. The average Bonchev–Trinajstić information content (AvgIpc) is 3.16. The second-order valence-electron chi connectivity index (χ2n) is 5.63. The number of aliphatic hydroxyl groups is 2. The number of ether oxygens (including phenoxy) is 1. The standard InChI is InChI=1S/C11H17BN5O10P/c13-9-6-10(15-2-14-9)17(3-16-6)11-8(19)7(18)5(27-11)1-25-28(22,23)26-4-24-12(20)21/h2-3,5,7-8,11,18-21H,1,4H2,(H,22,23)(H2,13,14,15)/t5-,7?,8?,11-/m1/s1. The summed E-state index contributed by atoms with van der Waals surface area (Å²) < 4.78 is 31.7. The smallest absolute Gasteiger partial charge is 0.402 e. The van der Waals surface area contributed by atoms with Crippen molar-refractivity contribution in [3.63, 3.8) is 0 Å². The topological polar surface area (TPSA) is 225 Å². The Morgan fingerprint density at radius 2 is 2.00 bits per heavy atom. The molecule has 3 heterocycles. The molecular weight excluding hydrogens is 404 g/mol. The number of phosphoric acid groups is 1. The minimum Gasteiger partial charge on any atom is -0.402 e. The maximum Gasteiger partial charge on any atom is 0.635 e. The number of anilines is 1. The Balaban J connectivity index is 1.65. The summed E-state index contributed by atoms with van der Waals surface area (Å²) in [5, 5.41) is 37.3. The van der Waals surface area contributed by atoms with Gasteiger partial charge in [0.05, 0.1) is 12.9 Å². The number of rotatable bonds is 8. The summed E-state index contributed by atoms with van der Waals surface area (Å²) in [5.41, 5.74) is 6.22. The fourth-order valence-corrected chi connectivity index (χ4v) is 3.12. The summed E-state index contributed by atoms with van der Waals surface area (Å²) in [5.74, 6) is 0.116. The van der Waals surface area contributed by atoms with Crippen molar-refractivity contribution < 1.29 is 48.2 Å². The molecule has 2 aromatic heterocycles. The van der Waals surface area contributed by atoms with Crippen molar-refractivity contribution in [3.05, 3.63) is 12.7 Å². The van der Waals surface area contributed by atoms with Gasteiger partial charge in [0.15, 0.2) is 17.7 Å². The molecule has 0 spiro atoms. The van der Waals surface area contributed by atoms with Crippen molar-refractivity contribution in [1.82, 2.24) is 19.5 Å². The van der Waals surface area contributed by atoms with Crippen molar-refractivity contribution in [2.75, 3.05) is 19.1 Å². The van der Waals surface area contributed by atoms with E-state index in [0.717, 1.165) is 0 Å². The molecule has 3 unspecified atom stereocenters. The first-order valence-corrected chi connectivity index (χ1v) is 9.23. The fourth-order valence-electron chi connectivity index (χ4n) is 2.52. The summed E-state index contributed by atoms with van der Waals surface area (Å²) in [6.07, 6.45) is -2.76. The van der Waals surface area contributed by atoms with E-state index in [9.17, 15) is 19.7 Å². The Morgan fingerprint density at radius 3 is 2.71 bits per heavy atom. The fraction of sp³-hybridized carbons (Fsp3) is 0.545. The third-order valence-electron chi connectivity index (χ3n) is 3.83. The van der Waals surface area contributed by atoms with E-state index >= 15 is 0 Å². The van der Waals surface area contributed by atoms with Crippen LogP contribution in [0.5, 0.6) is 0 Å². The minimum atomic E-state index is -4.65. The molecule has 0 bridgehead atoms. The van der Waals surface area contributed by atoms with Gasteiger partial charge >= 0.3 is 15.1 Å². The number of aliphatic hydroxyl groups excluding tert-OH is 2. The second kappa shape index (κ2) is 8.34. The SMILES string of the molecule is Nc1ncnc2c1ncn2[C@@H]1O[C@H](COP(=O)(O)OCOB(O)O)C(O)C1O. The molecule has 28 heavy (non-hydrogen) atoms. The van der Waals surface area contributed by atoms with E-state index in [-0.39, 0.29) is 17.0 Å². The Hall–Kier alpha value is -1.72. The molecule has 7 N–H and O–H groups in total. The van der Waals surface area contributed by atoms with Crippen LogP contribution in [0, 0.1) is 0 Å². The predicted molar refractivity (Wildman–Crippen MR) is 88.7 cm³/mol. The molecule has 2 aromatic rings. The first-order chi connectivity index (χ1) is 13.2. The van der Waals surface area contributed by atoms with E-state index in [1.807, 2.05) is 0 Å². The molecule has 15 nitrogen and oxygen atoms in total. The van der Waals surface area contributed by atoms with Crippen LogP contribution < -0.4 is 5.73 Å². The Morgan fingerprint density at radius 1 is 1.25 bits per heavy atom. The van der Waals surface area contributed by atoms with Crippen molar-refractivity contribution in [2.24, 2.45) is 0 Å². The zero-order chi connectivity index (χ0) is 20.5. The highest BCUT2D eigenvalue weighted by atomic mass is 31.2. The molecule has 154 valence electrons. The molecule has 1 saturated heterocycles. The molecule has 1 aliphatic rings. The molecule has 17 heteroatoms. The third kappa shape index (κ3) is 4.47. The van der Waals surface area contributed by atoms with E-state index in [4.69, 9.17) is 20.5 Å². The summed E-state index contributed by atoms with van der Waals surface area (Å²) >= 11 is 0. The van der Waals surface area contributed by atoms with E-state index in [2.05, 4.69) is 28.7 Å². The van der Waals surface area contributed by atoms with Crippen LogP contribution in [-0.2, 0) is 23.0 Å². The number of nitrogens with zero attached hydrogens (tertiary/aromatic N) is 4. The highest BCUT2D eigenvalue weighted by molar-refractivity contribution is 7.47. The van der Waals surface area contributed by atoms with E-state index in [1.165, 1.54) is 17.2 Å². The van der Waals surface area contributed by atoms with Gasteiger partial charge in [0.25, 0.3) is 0 Å². The predicted octanol–water partition coefficient (Wildman–Crippen LogP) is -2.90. The normalized spacial score (nSPS) is 27.2. The summed E-state index contributed by atoms with van der Waals surface area (Å²) in [4.78, 5) is 21.3. The molecule has 5 atom stereocenters. The summed E-state index contributed by atoms with van der Waals surface area (Å²) in [6, 6.07) is 0. The van der Waals surface area contributed by atoms with Gasteiger partial charge in [-0.1, -0.05) is 0 Å². The number of hydrogen-bond acceptors (Lipinski definition) is 13. The molecule has 0 amide bonds. The molecule has 0 saturated carbocycles. The Labute approximate surface area is 157 Å². The summed E-state index contributed by atoms with van der Waals surface area (Å²) in [7, 11) is -6.84. The number of nitrogen functional groups attached to an aromatic ring is 1. The Kier molecular flexibility index (Phi) is 6.26. The maximum atomic E-state index is 11.7. The van der Waals surface area contributed by atoms with Gasteiger partial charge in [0.2, 0.25) is 0 Å². The van der Waals surface area contributed by atoms with Gasteiger partial charge in [0, 0.05) is 0 Å². The zero-order valence-electron chi connectivity index (χ0n) is 14.0. The zero-order valence-corrected chi connectivity index (χ0v) is 14.9.